The fourth-order valence-electron chi connectivity index (χ4n) is 2.20. The van der Waals surface area contributed by atoms with Crippen LogP contribution in [0.25, 0.3) is 0 Å². The molecule has 0 spiro atoms. The lowest BCUT2D eigenvalue weighted by molar-refractivity contribution is 0.103. The van der Waals surface area contributed by atoms with Crippen LogP contribution in [0, 0.1) is 0 Å². The van der Waals surface area contributed by atoms with Crippen molar-refractivity contribution in [2.24, 2.45) is 0 Å². The van der Waals surface area contributed by atoms with Crippen molar-refractivity contribution >= 4 is 21.6 Å². The molecule has 0 fully saturated rings. The van der Waals surface area contributed by atoms with Gasteiger partial charge in [-0.05, 0) is 24.3 Å². The summed E-state index contributed by atoms with van der Waals surface area (Å²) < 4.78 is 27.3. The van der Waals surface area contributed by atoms with Gasteiger partial charge in [0, 0.05) is 11.8 Å². The van der Waals surface area contributed by atoms with Gasteiger partial charge in [-0.1, -0.05) is 48.5 Å². The summed E-state index contributed by atoms with van der Waals surface area (Å²) >= 11 is 0. The zero-order chi connectivity index (χ0) is 17.0. The Morgan fingerprint density at radius 2 is 1.46 bits per heavy atom. The minimum Gasteiger partial charge on any atom is -0.288 e. The van der Waals surface area contributed by atoms with E-state index < -0.39 is 10.0 Å². The molecule has 0 bridgehead atoms. The van der Waals surface area contributed by atoms with Crippen molar-refractivity contribution in [2.75, 3.05) is 4.72 Å². The zero-order valence-corrected chi connectivity index (χ0v) is 13.4. The number of benzene rings is 2. The lowest BCUT2D eigenvalue weighted by Crippen LogP contribution is -2.17. The Bertz CT molecular complexity index is 956. The van der Waals surface area contributed by atoms with Crippen molar-refractivity contribution in [2.45, 2.75) is 4.90 Å². The van der Waals surface area contributed by atoms with E-state index in [4.69, 9.17) is 0 Å². The molecule has 3 aromatic rings. The maximum Gasteiger partial charge on any atom is 0.263 e. The van der Waals surface area contributed by atoms with Crippen LogP contribution >= 0.6 is 0 Å². The number of nitrogens with zero attached hydrogens (tertiary/aromatic N) is 1. The molecular formula is C18H14N2O3S. The van der Waals surface area contributed by atoms with Crippen LogP contribution < -0.4 is 4.72 Å². The number of nitrogens with one attached hydrogen (secondary N) is 1. The number of anilines is 1. The number of ketones is 1. The molecule has 0 aliphatic heterocycles. The fraction of sp³-hybridized carbons (Fsp3) is 0. The molecule has 0 aliphatic rings. The number of hydrogen-bond donors (Lipinski definition) is 1. The molecule has 0 atom stereocenters. The van der Waals surface area contributed by atoms with Crippen molar-refractivity contribution in [3.05, 3.63) is 90.1 Å². The lowest BCUT2D eigenvalue weighted by atomic mass is 10.0. The number of hydrogen-bond acceptors (Lipinski definition) is 4. The predicted molar refractivity (Wildman–Crippen MR) is 91.4 cm³/mol. The van der Waals surface area contributed by atoms with E-state index in [1.165, 1.54) is 18.3 Å². The van der Waals surface area contributed by atoms with Gasteiger partial charge in [-0.25, -0.2) is 13.4 Å². The SMILES string of the molecule is O=C(c1ccccc1)c1cccnc1NS(=O)(=O)c1ccccc1. The monoisotopic (exact) mass is 338 g/mol. The van der Waals surface area contributed by atoms with Gasteiger partial charge in [0.1, 0.15) is 0 Å². The van der Waals surface area contributed by atoms with Crippen LogP contribution in [0.2, 0.25) is 0 Å². The van der Waals surface area contributed by atoms with Crippen LogP contribution in [0.1, 0.15) is 15.9 Å². The minimum absolute atomic E-state index is 0.00945. The van der Waals surface area contributed by atoms with Crippen LogP contribution in [0.4, 0.5) is 5.82 Å². The second-order valence-corrected chi connectivity index (χ2v) is 6.70. The average molecular weight is 338 g/mol. The largest absolute Gasteiger partial charge is 0.288 e. The topological polar surface area (TPSA) is 76.1 Å². The third kappa shape index (κ3) is 3.33. The first-order chi connectivity index (χ1) is 11.6. The lowest BCUT2D eigenvalue weighted by Gasteiger charge is -2.11. The molecule has 0 saturated carbocycles. The molecule has 0 saturated heterocycles. The van der Waals surface area contributed by atoms with E-state index >= 15 is 0 Å². The van der Waals surface area contributed by atoms with Gasteiger partial charge in [0.2, 0.25) is 0 Å². The van der Waals surface area contributed by atoms with E-state index in [1.54, 1.807) is 60.7 Å². The summed E-state index contributed by atoms with van der Waals surface area (Å²) in [6.07, 6.45) is 1.44. The maximum absolute atomic E-state index is 12.6. The summed E-state index contributed by atoms with van der Waals surface area (Å²) in [4.78, 5) is 16.7. The highest BCUT2D eigenvalue weighted by Gasteiger charge is 2.20. The van der Waals surface area contributed by atoms with Gasteiger partial charge < -0.3 is 0 Å². The van der Waals surface area contributed by atoms with Gasteiger partial charge in [0.15, 0.2) is 11.6 Å². The highest BCUT2D eigenvalue weighted by atomic mass is 32.2. The summed E-state index contributed by atoms with van der Waals surface area (Å²) in [7, 11) is -3.82. The Labute approximate surface area is 140 Å². The standard InChI is InChI=1S/C18H14N2O3S/c21-17(14-8-3-1-4-9-14)16-12-7-13-19-18(16)20-24(22,23)15-10-5-2-6-11-15/h1-13H,(H,19,20). The maximum atomic E-state index is 12.6. The van der Waals surface area contributed by atoms with E-state index in [-0.39, 0.29) is 22.1 Å². The van der Waals surface area contributed by atoms with Crippen LogP contribution in [-0.4, -0.2) is 19.2 Å². The highest BCUT2D eigenvalue weighted by molar-refractivity contribution is 7.92. The molecule has 1 N–H and O–H groups in total. The first-order valence-electron chi connectivity index (χ1n) is 7.20. The number of pyridine rings is 1. The van der Waals surface area contributed by atoms with Crippen molar-refractivity contribution < 1.29 is 13.2 Å². The molecule has 0 unspecified atom stereocenters. The van der Waals surface area contributed by atoms with Gasteiger partial charge in [-0.3, -0.25) is 9.52 Å². The summed E-state index contributed by atoms with van der Waals surface area (Å²) in [5.41, 5.74) is 0.661. The normalized spacial score (nSPS) is 11.0. The van der Waals surface area contributed by atoms with Crippen LogP contribution in [0.3, 0.4) is 0 Å². The van der Waals surface area contributed by atoms with Gasteiger partial charge in [0.05, 0.1) is 10.5 Å². The van der Waals surface area contributed by atoms with E-state index in [2.05, 4.69) is 9.71 Å². The van der Waals surface area contributed by atoms with Crippen molar-refractivity contribution in [3.63, 3.8) is 0 Å². The number of carbonyl (C=O) groups is 1. The number of carbonyl (C=O) groups excluding carboxylic acids is 1. The third-order valence-corrected chi connectivity index (χ3v) is 4.73. The molecule has 120 valence electrons. The summed E-state index contributed by atoms with van der Waals surface area (Å²) in [5, 5.41) is 0. The molecule has 0 amide bonds. The second kappa shape index (κ2) is 6.64. The Morgan fingerprint density at radius 3 is 2.12 bits per heavy atom. The molecular weight excluding hydrogens is 324 g/mol. The first kappa shape index (κ1) is 15.9. The predicted octanol–water partition coefficient (Wildman–Crippen LogP) is 3.11. The number of rotatable bonds is 5. The number of sulfonamides is 1. The summed E-state index contributed by atoms with van der Waals surface area (Å²) in [6, 6.07) is 19.7. The van der Waals surface area contributed by atoms with Crippen molar-refractivity contribution in [1.82, 2.24) is 4.98 Å². The minimum atomic E-state index is -3.82. The van der Waals surface area contributed by atoms with E-state index in [1.807, 2.05) is 0 Å². The molecule has 3 rings (SSSR count). The van der Waals surface area contributed by atoms with E-state index in [9.17, 15) is 13.2 Å². The van der Waals surface area contributed by atoms with Crippen LogP contribution in [0.5, 0.6) is 0 Å². The molecule has 1 aromatic heterocycles. The third-order valence-electron chi connectivity index (χ3n) is 3.37. The zero-order valence-electron chi connectivity index (χ0n) is 12.6. The number of aromatic nitrogens is 1. The van der Waals surface area contributed by atoms with Crippen molar-refractivity contribution in [1.29, 1.82) is 0 Å². The Balaban J connectivity index is 1.97. The highest BCUT2D eigenvalue weighted by Crippen LogP contribution is 2.20. The second-order valence-electron chi connectivity index (χ2n) is 5.01. The van der Waals surface area contributed by atoms with Crippen LogP contribution in [-0.2, 0) is 10.0 Å². The quantitative estimate of drug-likeness (QED) is 0.725. The van der Waals surface area contributed by atoms with Gasteiger partial charge in [-0.2, -0.15) is 0 Å². The summed E-state index contributed by atoms with van der Waals surface area (Å²) in [5.74, 6) is -0.287. The smallest absolute Gasteiger partial charge is 0.263 e. The summed E-state index contributed by atoms with van der Waals surface area (Å²) in [6.45, 7) is 0. The first-order valence-corrected chi connectivity index (χ1v) is 8.69. The van der Waals surface area contributed by atoms with E-state index in [0.29, 0.717) is 5.56 Å². The van der Waals surface area contributed by atoms with Crippen LogP contribution in [0.15, 0.2) is 83.9 Å². The van der Waals surface area contributed by atoms with Gasteiger partial charge in [0.25, 0.3) is 10.0 Å². The molecule has 6 heteroatoms. The molecule has 24 heavy (non-hydrogen) atoms. The Morgan fingerprint density at radius 1 is 0.833 bits per heavy atom. The Hall–Kier alpha value is -2.99. The van der Waals surface area contributed by atoms with Gasteiger partial charge in [-0.15, -0.1) is 0 Å². The molecule has 5 nitrogen and oxygen atoms in total. The van der Waals surface area contributed by atoms with Gasteiger partial charge >= 0.3 is 0 Å². The molecule has 0 aliphatic carbocycles. The fourth-order valence-corrected chi connectivity index (χ4v) is 3.25. The molecule has 0 radical (unpaired) electrons. The van der Waals surface area contributed by atoms with E-state index in [0.717, 1.165) is 0 Å². The molecule has 2 aromatic carbocycles. The molecule has 1 heterocycles. The average Bonchev–Trinajstić information content (AvgIpc) is 2.63. The van der Waals surface area contributed by atoms with Crippen molar-refractivity contribution in [3.8, 4) is 0 Å². The Kier molecular flexibility index (Phi) is 4.39.